The third kappa shape index (κ3) is 4.07. The van der Waals surface area contributed by atoms with Crippen LogP contribution in [-0.2, 0) is 24.5 Å². The van der Waals surface area contributed by atoms with Crippen LogP contribution >= 0.6 is 0 Å². The zero-order chi connectivity index (χ0) is 20.4. The molecule has 0 spiro atoms. The first-order valence-corrected chi connectivity index (χ1v) is 9.42. The van der Waals surface area contributed by atoms with Gasteiger partial charge in [-0.2, -0.15) is 0 Å². The molecule has 1 unspecified atom stereocenters. The van der Waals surface area contributed by atoms with Crippen molar-refractivity contribution in [3.63, 3.8) is 0 Å². The normalized spacial score (nSPS) is 19.1. The first-order chi connectivity index (χ1) is 14.0. The highest BCUT2D eigenvalue weighted by molar-refractivity contribution is 5.76. The van der Waals surface area contributed by atoms with Crippen LogP contribution in [-0.4, -0.2) is 44.4 Å². The molecule has 1 saturated heterocycles. The summed E-state index contributed by atoms with van der Waals surface area (Å²) in [4.78, 5) is 18.2. The third-order valence-electron chi connectivity index (χ3n) is 5.13. The molecule has 1 aromatic heterocycles. The monoisotopic (exact) mass is 401 g/mol. The highest BCUT2D eigenvalue weighted by Crippen LogP contribution is 2.26. The van der Waals surface area contributed by atoms with Crippen molar-refractivity contribution >= 4 is 17.1 Å². The van der Waals surface area contributed by atoms with Gasteiger partial charge in [0, 0.05) is 19.0 Å². The molecule has 0 bridgehead atoms. The summed E-state index contributed by atoms with van der Waals surface area (Å²) in [6.45, 7) is -0.0531. The minimum absolute atomic E-state index is 0.0476. The molecule has 1 fully saturated rings. The summed E-state index contributed by atoms with van der Waals surface area (Å²) in [6.07, 6.45) is -1.58. The molecule has 0 aliphatic carbocycles. The van der Waals surface area contributed by atoms with E-state index in [9.17, 15) is 18.7 Å². The maximum Gasteiger partial charge on any atom is 0.410 e. The van der Waals surface area contributed by atoms with Crippen molar-refractivity contribution in [1.29, 1.82) is 0 Å². The lowest BCUT2D eigenvalue weighted by atomic mass is 10.2. The van der Waals surface area contributed by atoms with Crippen LogP contribution in [0.4, 0.5) is 13.6 Å². The van der Waals surface area contributed by atoms with Crippen molar-refractivity contribution in [2.75, 3.05) is 6.54 Å². The Morgan fingerprint density at radius 3 is 2.79 bits per heavy atom. The Bertz CT molecular complexity index is 1010. The fraction of sp³-hybridized carbons (Fsp3) is 0.333. The van der Waals surface area contributed by atoms with E-state index >= 15 is 0 Å². The topological polar surface area (TPSA) is 67.6 Å². The van der Waals surface area contributed by atoms with Crippen LogP contribution in [0.15, 0.2) is 48.5 Å². The van der Waals surface area contributed by atoms with Crippen molar-refractivity contribution in [2.45, 2.75) is 38.4 Å². The van der Waals surface area contributed by atoms with Crippen LogP contribution in [0.2, 0.25) is 0 Å². The van der Waals surface area contributed by atoms with Crippen molar-refractivity contribution in [3.05, 3.63) is 65.7 Å². The molecule has 1 aliphatic rings. The second kappa shape index (κ2) is 8.16. The molecule has 1 aliphatic heterocycles. The number of carbonyl (C=O) groups is 1. The molecule has 1 N–H and O–H groups in total. The van der Waals surface area contributed by atoms with Crippen LogP contribution in [0.1, 0.15) is 17.8 Å². The van der Waals surface area contributed by atoms with Crippen LogP contribution in [0.25, 0.3) is 11.0 Å². The van der Waals surface area contributed by atoms with Crippen molar-refractivity contribution in [3.8, 4) is 0 Å². The number of halogens is 2. The van der Waals surface area contributed by atoms with E-state index < -0.39 is 24.1 Å². The molecular weight excluding hydrogens is 380 g/mol. The number of amides is 1. The Morgan fingerprint density at radius 1 is 1.24 bits per heavy atom. The lowest BCUT2D eigenvalue weighted by molar-refractivity contribution is 0.0880. The fourth-order valence-corrected chi connectivity index (χ4v) is 3.75. The van der Waals surface area contributed by atoms with Gasteiger partial charge in [-0.1, -0.05) is 30.3 Å². The molecule has 3 aromatic rings. The minimum atomic E-state index is -1.16. The molecule has 2 aromatic carbocycles. The van der Waals surface area contributed by atoms with E-state index in [2.05, 4.69) is 4.98 Å². The van der Waals surface area contributed by atoms with E-state index in [0.29, 0.717) is 16.9 Å². The number of carbonyl (C=O) groups excluding carboxylic acids is 1. The second-order valence-corrected chi connectivity index (χ2v) is 7.11. The molecule has 6 nitrogen and oxygen atoms in total. The van der Waals surface area contributed by atoms with E-state index in [1.807, 2.05) is 30.3 Å². The largest absolute Gasteiger partial charge is 0.445 e. The Balaban J connectivity index is 1.52. The molecule has 0 radical (unpaired) electrons. The third-order valence-corrected chi connectivity index (χ3v) is 5.13. The Kier molecular flexibility index (Phi) is 5.44. The number of nitrogens with zero attached hydrogens (tertiary/aromatic N) is 3. The number of benzene rings is 2. The standard InChI is InChI=1S/C21H21F2N3O3/c22-15-6-7-19-18(9-15)24-20(12-27)26(19)11-17-8-16(23)10-25(17)21(28)29-13-14-4-2-1-3-5-14/h1-7,9,16-17,27H,8,10-13H2/t16?,17-/m0/s1. The first-order valence-electron chi connectivity index (χ1n) is 9.42. The molecule has 29 heavy (non-hydrogen) atoms. The Morgan fingerprint density at radius 2 is 2.03 bits per heavy atom. The zero-order valence-corrected chi connectivity index (χ0v) is 15.7. The Hall–Kier alpha value is -3.00. The highest BCUT2D eigenvalue weighted by atomic mass is 19.1. The predicted octanol–water partition coefficient (Wildman–Crippen LogP) is 3.42. The van der Waals surface area contributed by atoms with Crippen LogP contribution in [0, 0.1) is 5.82 Å². The predicted molar refractivity (Wildman–Crippen MR) is 102 cm³/mol. The molecule has 2 heterocycles. The highest BCUT2D eigenvalue weighted by Gasteiger charge is 2.37. The number of aromatic nitrogens is 2. The Labute approximate surface area is 166 Å². The maximum atomic E-state index is 14.2. The van der Waals surface area contributed by atoms with Crippen LogP contribution in [0.3, 0.4) is 0 Å². The van der Waals surface area contributed by atoms with E-state index in [-0.39, 0.29) is 32.7 Å². The molecule has 8 heteroatoms. The van der Waals surface area contributed by atoms with Gasteiger partial charge in [0.2, 0.25) is 0 Å². The summed E-state index contributed by atoms with van der Waals surface area (Å²) < 4.78 is 34.7. The van der Waals surface area contributed by atoms with Gasteiger partial charge in [0.25, 0.3) is 0 Å². The number of ether oxygens (including phenoxy) is 1. The molecule has 0 saturated carbocycles. The number of hydrogen-bond acceptors (Lipinski definition) is 4. The molecular formula is C21H21F2N3O3. The lowest BCUT2D eigenvalue weighted by Gasteiger charge is -2.25. The number of hydrogen-bond donors (Lipinski definition) is 1. The van der Waals surface area contributed by atoms with Gasteiger partial charge in [0.1, 0.15) is 31.0 Å². The summed E-state index contributed by atoms with van der Waals surface area (Å²) in [5.41, 5.74) is 1.87. The van der Waals surface area contributed by atoms with Gasteiger partial charge < -0.3 is 19.3 Å². The van der Waals surface area contributed by atoms with Crippen molar-refractivity contribution < 1.29 is 23.4 Å². The number of aliphatic hydroxyl groups excluding tert-OH is 1. The number of aliphatic hydroxyl groups is 1. The summed E-state index contributed by atoms with van der Waals surface area (Å²) >= 11 is 0. The summed E-state index contributed by atoms with van der Waals surface area (Å²) in [6, 6.07) is 13.0. The number of rotatable bonds is 5. The summed E-state index contributed by atoms with van der Waals surface area (Å²) in [5, 5.41) is 9.64. The number of fused-ring (bicyclic) bond motifs is 1. The fourth-order valence-electron chi connectivity index (χ4n) is 3.75. The van der Waals surface area contributed by atoms with Gasteiger partial charge in [-0.15, -0.1) is 0 Å². The average Bonchev–Trinajstić information content (AvgIpc) is 3.26. The number of imidazole rings is 1. The summed E-state index contributed by atoms with van der Waals surface area (Å²) in [5.74, 6) is -0.0899. The van der Waals surface area contributed by atoms with Gasteiger partial charge in [0.05, 0.1) is 23.6 Å². The second-order valence-electron chi connectivity index (χ2n) is 7.11. The number of alkyl halides is 1. The molecule has 4 rings (SSSR count). The molecule has 2 atom stereocenters. The van der Waals surface area contributed by atoms with Crippen molar-refractivity contribution in [1.82, 2.24) is 14.5 Å². The van der Waals surface area contributed by atoms with E-state index in [1.54, 1.807) is 10.6 Å². The smallest absolute Gasteiger partial charge is 0.410 e. The van der Waals surface area contributed by atoms with E-state index in [0.717, 1.165) is 5.56 Å². The van der Waals surface area contributed by atoms with Gasteiger partial charge >= 0.3 is 6.09 Å². The first kappa shape index (κ1) is 19.3. The molecule has 1 amide bonds. The van der Waals surface area contributed by atoms with Crippen LogP contribution < -0.4 is 0 Å². The lowest BCUT2D eigenvalue weighted by Crippen LogP contribution is -2.38. The quantitative estimate of drug-likeness (QED) is 0.712. The van der Waals surface area contributed by atoms with E-state index in [1.165, 1.54) is 17.0 Å². The van der Waals surface area contributed by atoms with Gasteiger partial charge in [0.15, 0.2) is 0 Å². The minimum Gasteiger partial charge on any atom is -0.445 e. The SMILES string of the molecule is O=C(OCc1ccccc1)N1CC(F)C[C@H]1Cn1c(CO)nc2cc(F)ccc21. The van der Waals surface area contributed by atoms with Gasteiger partial charge in [-0.25, -0.2) is 18.6 Å². The zero-order valence-electron chi connectivity index (χ0n) is 15.7. The van der Waals surface area contributed by atoms with Gasteiger partial charge in [-0.05, 0) is 17.7 Å². The van der Waals surface area contributed by atoms with Crippen molar-refractivity contribution in [2.24, 2.45) is 0 Å². The van der Waals surface area contributed by atoms with E-state index in [4.69, 9.17) is 4.74 Å². The van der Waals surface area contributed by atoms with Crippen LogP contribution in [0.5, 0.6) is 0 Å². The average molecular weight is 401 g/mol. The van der Waals surface area contributed by atoms with Gasteiger partial charge in [-0.3, -0.25) is 0 Å². The maximum absolute atomic E-state index is 14.2. The summed E-state index contributed by atoms with van der Waals surface area (Å²) in [7, 11) is 0. The molecule has 152 valence electrons. The number of likely N-dealkylation sites (tertiary alicyclic amines) is 1.